The molecule has 0 saturated carbocycles. The monoisotopic (exact) mass is 469 g/mol. The van der Waals surface area contributed by atoms with E-state index in [0.29, 0.717) is 25.5 Å². The SMILES string of the molecule is CC(C)CN1C(=N)C(C(=NCc2ccc(S(C)(=O)=O)cc2)Nc2ccccc2)CN(C)C1=O. The molecule has 3 rings (SSSR count). The molecule has 0 aliphatic carbocycles. The zero-order chi connectivity index (χ0) is 24.2. The number of carbonyl (C=O) groups excluding carboxylic acids is 1. The van der Waals surface area contributed by atoms with Crippen molar-refractivity contribution in [1.82, 2.24) is 9.80 Å². The molecule has 1 aliphatic rings. The van der Waals surface area contributed by atoms with Crippen LogP contribution < -0.4 is 5.32 Å². The van der Waals surface area contributed by atoms with Crippen molar-refractivity contribution in [2.24, 2.45) is 16.8 Å². The quantitative estimate of drug-likeness (QED) is 0.476. The smallest absolute Gasteiger partial charge is 0.325 e. The minimum atomic E-state index is -3.26. The zero-order valence-electron chi connectivity index (χ0n) is 19.4. The van der Waals surface area contributed by atoms with Gasteiger partial charge in [-0.25, -0.2) is 13.2 Å². The molecule has 1 unspecified atom stereocenters. The van der Waals surface area contributed by atoms with Gasteiger partial charge in [-0.3, -0.25) is 15.3 Å². The number of anilines is 1. The van der Waals surface area contributed by atoms with E-state index >= 15 is 0 Å². The maximum atomic E-state index is 12.7. The lowest BCUT2D eigenvalue weighted by Gasteiger charge is -2.40. The highest BCUT2D eigenvalue weighted by Crippen LogP contribution is 2.21. The molecule has 0 bridgehead atoms. The number of urea groups is 1. The standard InChI is InChI=1S/C24H31N5O3S/c1-17(2)15-29-22(25)21(16-28(3)24(29)30)23(27-19-8-6-5-7-9-19)26-14-18-10-12-20(13-11-18)33(4,31)32/h5-13,17,21,25H,14-16H2,1-4H3,(H,26,27). The Kier molecular flexibility index (Phi) is 7.53. The van der Waals surface area contributed by atoms with Crippen molar-refractivity contribution in [3.8, 4) is 0 Å². The van der Waals surface area contributed by atoms with Gasteiger partial charge in [-0.15, -0.1) is 0 Å². The van der Waals surface area contributed by atoms with E-state index in [-0.39, 0.29) is 22.7 Å². The Morgan fingerprint density at radius 1 is 1.15 bits per heavy atom. The average molecular weight is 470 g/mol. The minimum Gasteiger partial charge on any atom is -0.343 e. The first-order valence-corrected chi connectivity index (χ1v) is 12.7. The summed E-state index contributed by atoms with van der Waals surface area (Å²) in [5.74, 6) is 0.618. The van der Waals surface area contributed by atoms with E-state index in [1.54, 1.807) is 36.2 Å². The highest BCUT2D eigenvalue weighted by atomic mass is 32.2. The number of amides is 2. The van der Waals surface area contributed by atoms with Gasteiger partial charge in [-0.2, -0.15) is 0 Å². The Balaban J connectivity index is 1.92. The third kappa shape index (κ3) is 6.19. The average Bonchev–Trinajstić information content (AvgIpc) is 2.77. The third-order valence-corrected chi connectivity index (χ3v) is 6.47. The van der Waals surface area contributed by atoms with E-state index in [9.17, 15) is 13.2 Å². The largest absolute Gasteiger partial charge is 0.343 e. The topological polar surface area (TPSA) is 106 Å². The molecule has 1 atom stereocenters. The van der Waals surface area contributed by atoms with Gasteiger partial charge in [0.2, 0.25) is 0 Å². The molecule has 1 aliphatic heterocycles. The predicted molar refractivity (Wildman–Crippen MR) is 132 cm³/mol. The molecule has 1 fully saturated rings. The summed E-state index contributed by atoms with van der Waals surface area (Å²) in [6.07, 6.45) is 1.18. The maximum absolute atomic E-state index is 12.7. The van der Waals surface area contributed by atoms with E-state index in [0.717, 1.165) is 11.3 Å². The molecule has 9 heteroatoms. The molecule has 33 heavy (non-hydrogen) atoms. The number of benzene rings is 2. The van der Waals surface area contributed by atoms with Gasteiger partial charge in [0.1, 0.15) is 11.7 Å². The van der Waals surface area contributed by atoms with Crippen molar-refractivity contribution in [2.75, 3.05) is 31.7 Å². The second kappa shape index (κ2) is 10.2. The Hall–Kier alpha value is -3.20. The molecule has 1 heterocycles. The Bertz CT molecular complexity index is 1130. The van der Waals surface area contributed by atoms with Gasteiger partial charge in [0.25, 0.3) is 0 Å². The number of hydrogen-bond acceptors (Lipinski definition) is 5. The number of carbonyl (C=O) groups is 1. The number of nitrogens with one attached hydrogen (secondary N) is 2. The summed E-state index contributed by atoms with van der Waals surface area (Å²) >= 11 is 0. The van der Waals surface area contributed by atoms with Crippen molar-refractivity contribution in [3.05, 3.63) is 60.2 Å². The molecular weight excluding hydrogens is 438 g/mol. The number of nitrogens with zero attached hydrogens (tertiary/aromatic N) is 3. The molecule has 176 valence electrons. The lowest BCUT2D eigenvalue weighted by atomic mass is 10.0. The van der Waals surface area contributed by atoms with E-state index in [1.165, 1.54) is 11.2 Å². The number of rotatable bonds is 7. The van der Waals surface area contributed by atoms with Crippen LogP contribution in [-0.2, 0) is 16.4 Å². The molecule has 2 amide bonds. The summed E-state index contributed by atoms with van der Waals surface area (Å²) in [5.41, 5.74) is 1.69. The van der Waals surface area contributed by atoms with Crippen molar-refractivity contribution in [1.29, 1.82) is 5.41 Å². The minimum absolute atomic E-state index is 0.180. The van der Waals surface area contributed by atoms with Crippen LogP contribution in [0, 0.1) is 17.2 Å². The van der Waals surface area contributed by atoms with Crippen LogP contribution in [0.3, 0.4) is 0 Å². The van der Waals surface area contributed by atoms with Gasteiger partial charge in [0, 0.05) is 32.1 Å². The number of amidine groups is 2. The van der Waals surface area contributed by atoms with E-state index in [1.807, 2.05) is 44.2 Å². The second-order valence-electron chi connectivity index (χ2n) is 8.71. The number of sulfone groups is 1. The Morgan fingerprint density at radius 2 is 1.79 bits per heavy atom. The third-order valence-electron chi connectivity index (χ3n) is 5.34. The molecular formula is C24H31N5O3S. The fraction of sp³-hybridized carbons (Fsp3) is 0.375. The zero-order valence-corrected chi connectivity index (χ0v) is 20.3. The van der Waals surface area contributed by atoms with Crippen molar-refractivity contribution in [2.45, 2.75) is 25.3 Å². The fourth-order valence-corrected chi connectivity index (χ4v) is 4.25. The molecule has 1 saturated heterocycles. The molecule has 2 aromatic rings. The number of hydrogen-bond donors (Lipinski definition) is 2. The number of aliphatic imine (C=N–C) groups is 1. The van der Waals surface area contributed by atoms with Crippen LogP contribution in [0.2, 0.25) is 0 Å². The first-order valence-electron chi connectivity index (χ1n) is 10.8. The fourth-order valence-electron chi connectivity index (χ4n) is 3.62. The Morgan fingerprint density at radius 3 is 2.36 bits per heavy atom. The van der Waals surface area contributed by atoms with Crippen molar-refractivity contribution < 1.29 is 13.2 Å². The van der Waals surface area contributed by atoms with Gasteiger partial charge in [0.15, 0.2) is 9.84 Å². The van der Waals surface area contributed by atoms with Gasteiger partial charge in [-0.1, -0.05) is 44.2 Å². The summed E-state index contributed by atoms with van der Waals surface area (Å²) < 4.78 is 23.4. The molecule has 0 aromatic heterocycles. The summed E-state index contributed by atoms with van der Waals surface area (Å²) in [6.45, 7) is 5.15. The summed E-state index contributed by atoms with van der Waals surface area (Å²) in [4.78, 5) is 20.9. The van der Waals surface area contributed by atoms with E-state index < -0.39 is 15.8 Å². The maximum Gasteiger partial charge on any atom is 0.325 e. The molecule has 2 aromatic carbocycles. The highest BCUT2D eigenvalue weighted by Gasteiger charge is 2.37. The molecule has 2 N–H and O–H groups in total. The van der Waals surface area contributed by atoms with Crippen LogP contribution in [0.15, 0.2) is 64.5 Å². The van der Waals surface area contributed by atoms with Crippen LogP contribution in [0.5, 0.6) is 0 Å². The van der Waals surface area contributed by atoms with Crippen LogP contribution in [0.1, 0.15) is 19.4 Å². The van der Waals surface area contributed by atoms with Gasteiger partial charge in [0.05, 0.1) is 17.4 Å². The summed E-state index contributed by atoms with van der Waals surface area (Å²) in [7, 11) is -1.53. The van der Waals surface area contributed by atoms with Crippen LogP contribution in [0.25, 0.3) is 0 Å². The van der Waals surface area contributed by atoms with Gasteiger partial charge >= 0.3 is 6.03 Å². The van der Waals surface area contributed by atoms with Gasteiger partial charge < -0.3 is 10.2 Å². The second-order valence-corrected chi connectivity index (χ2v) is 10.7. The first-order chi connectivity index (χ1) is 15.6. The predicted octanol–water partition coefficient (Wildman–Crippen LogP) is 3.72. The van der Waals surface area contributed by atoms with E-state index in [2.05, 4.69) is 5.32 Å². The molecule has 0 radical (unpaired) electrons. The summed E-state index contributed by atoms with van der Waals surface area (Å²) in [6, 6.07) is 16.0. The highest BCUT2D eigenvalue weighted by molar-refractivity contribution is 7.90. The molecule has 8 nitrogen and oxygen atoms in total. The molecule has 0 spiro atoms. The lowest BCUT2D eigenvalue weighted by molar-refractivity contribution is 0.168. The van der Waals surface area contributed by atoms with Crippen molar-refractivity contribution in [3.63, 3.8) is 0 Å². The lowest BCUT2D eigenvalue weighted by Crippen LogP contribution is -2.58. The van der Waals surface area contributed by atoms with E-state index in [4.69, 9.17) is 10.4 Å². The number of para-hydroxylation sites is 1. The van der Waals surface area contributed by atoms with Crippen LogP contribution in [0.4, 0.5) is 10.5 Å². The van der Waals surface area contributed by atoms with Gasteiger partial charge in [-0.05, 0) is 35.7 Å². The first kappa shape index (κ1) is 24.4. The van der Waals surface area contributed by atoms with Crippen molar-refractivity contribution >= 4 is 33.2 Å². The van der Waals surface area contributed by atoms with Crippen LogP contribution >= 0.6 is 0 Å². The van der Waals surface area contributed by atoms with Crippen LogP contribution in [-0.4, -0.2) is 62.3 Å². The normalized spacial score (nSPS) is 17.6. The Labute approximate surface area is 195 Å². The summed E-state index contributed by atoms with van der Waals surface area (Å²) in [5, 5.41) is 12.1.